The zero-order valence-corrected chi connectivity index (χ0v) is 13.9. The van der Waals surface area contributed by atoms with Gasteiger partial charge in [0.2, 0.25) is 0 Å². The third kappa shape index (κ3) is 2.68. The Bertz CT molecular complexity index is 925. The van der Waals surface area contributed by atoms with Gasteiger partial charge < -0.3 is 24.0 Å². The van der Waals surface area contributed by atoms with Gasteiger partial charge in [0.15, 0.2) is 17.1 Å². The monoisotopic (exact) mass is 341 g/mol. The lowest BCUT2D eigenvalue weighted by molar-refractivity contribution is 0.0166. The van der Waals surface area contributed by atoms with E-state index >= 15 is 0 Å². The highest BCUT2D eigenvalue weighted by atomic mass is 16.5. The Labute approximate surface area is 144 Å². The number of carbonyl (C=O) groups is 1. The molecule has 1 amide bonds. The summed E-state index contributed by atoms with van der Waals surface area (Å²) in [5.74, 6) is 1.18. The molecule has 0 saturated heterocycles. The number of hydrogen-bond donors (Lipinski definition) is 2. The van der Waals surface area contributed by atoms with Gasteiger partial charge in [0.25, 0.3) is 5.91 Å². The summed E-state index contributed by atoms with van der Waals surface area (Å²) in [7, 11) is 1.55. The molecule has 6 nitrogen and oxygen atoms in total. The molecule has 2 aromatic heterocycles. The number of para-hydroxylation sites is 1. The molecule has 1 aromatic carbocycles. The molecule has 2 heterocycles. The first-order valence-corrected chi connectivity index (χ1v) is 8.25. The third-order valence-corrected chi connectivity index (χ3v) is 4.73. The molecule has 1 atom stereocenters. The molecule has 0 aliphatic heterocycles. The fourth-order valence-electron chi connectivity index (χ4n) is 3.43. The Hall–Kier alpha value is -2.73. The van der Waals surface area contributed by atoms with Gasteiger partial charge in [0, 0.05) is 17.4 Å². The van der Waals surface area contributed by atoms with Gasteiger partial charge in [0.05, 0.1) is 19.9 Å². The summed E-state index contributed by atoms with van der Waals surface area (Å²) in [5.41, 5.74) is 0.175. The van der Waals surface area contributed by atoms with Crippen molar-refractivity contribution in [3.63, 3.8) is 0 Å². The molecule has 3 aromatic rings. The highest BCUT2D eigenvalue weighted by Gasteiger charge is 2.36. The van der Waals surface area contributed by atoms with E-state index in [1.54, 1.807) is 31.6 Å². The van der Waals surface area contributed by atoms with Crippen molar-refractivity contribution >= 4 is 16.9 Å². The van der Waals surface area contributed by atoms with Gasteiger partial charge in [-0.05, 0) is 31.0 Å². The fourth-order valence-corrected chi connectivity index (χ4v) is 3.43. The van der Waals surface area contributed by atoms with Crippen LogP contribution in [0.15, 0.2) is 45.4 Å². The number of nitrogens with one attached hydrogen (secondary N) is 1. The molecular weight excluding hydrogens is 322 g/mol. The highest BCUT2D eigenvalue weighted by molar-refractivity contribution is 5.97. The summed E-state index contributed by atoms with van der Waals surface area (Å²) < 4.78 is 16.3. The molecule has 6 heteroatoms. The highest BCUT2D eigenvalue weighted by Crippen LogP contribution is 2.35. The van der Waals surface area contributed by atoms with Crippen molar-refractivity contribution in [2.75, 3.05) is 13.7 Å². The van der Waals surface area contributed by atoms with Crippen molar-refractivity contribution in [3.05, 3.63) is 53.7 Å². The van der Waals surface area contributed by atoms with E-state index in [1.807, 2.05) is 12.1 Å². The lowest BCUT2D eigenvalue weighted by Gasteiger charge is -2.31. The van der Waals surface area contributed by atoms with Crippen LogP contribution in [0.1, 0.15) is 34.7 Å². The number of fused-ring (bicyclic) bond motifs is 2. The molecule has 1 unspecified atom stereocenters. The molecule has 2 N–H and O–H groups in total. The van der Waals surface area contributed by atoms with Crippen LogP contribution in [-0.2, 0) is 12.0 Å². The van der Waals surface area contributed by atoms with Crippen LogP contribution in [-0.4, -0.2) is 24.7 Å². The molecule has 130 valence electrons. The molecule has 25 heavy (non-hydrogen) atoms. The van der Waals surface area contributed by atoms with Crippen LogP contribution in [0.2, 0.25) is 0 Å². The van der Waals surface area contributed by atoms with Crippen molar-refractivity contribution in [1.29, 1.82) is 0 Å². The first-order chi connectivity index (χ1) is 12.1. The molecule has 1 aliphatic rings. The second-order valence-electron chi connectivity index (χ2n) is 6.31. The second kappa shape index (κ2) is 5.97. The summed E-state index contributed by atoms with van der Waals surface area (Å²) in [4.78, 5) is 12.5. The number of rotatable bonds is 4. The van der Waals surface area contributed by atoms with E-state index in [1.165, 1.54) is 0 Å². The van der Waals surface area contributed by atoms with Gasteiger partial charge in [0.1, 0.15) is 11.4 Å². The summed E-state index contributed by atoms with van der Waals surface area (Å²) in [5, 5.41) is 14.5. The minimum Gasteiger partial charge on any atom is -0.493 e. The average Bonchev–Trinajstić information content (AvgIpc) is 3.27. The standard InChI is InChI=1S/C19H19NO5/c1-23-15-5-2-4-12-10-16(25-17(12)15)18(21)20-11-19(22)8-3-6-14-13(19)7-9-24-14/h2,4-5,7,9-10,22H,3,6,8,11H2,1H3,(H,20,21). The largest absolute Gasteiger partial charge is 0.493 e. The van der Waals surface area contributed by atoms with E-state index in [0.717, 1.165) is 29.6 Å². The van der Waals surface area contributed by atoms with Crippen molar-refractivity contribution in [1.82, 2.24) is 5.32 Å². The van der Waals surface area contributed by atoms with Gasteiger partial charge in [-0.1, -0.05) is 12.1 Å². The number of amides is 1. The Morgan fingerprint density at radius 3 is 3.12 bits per heavy atom. The molecule has 0 radical (unpaired) electrons. The van der Waals surface area contributed by atoms with Crippen molar-refractivity contribution in [2.45, 2.75) is 24.9 Å². The van der Waals surface area contributed by atoms with E-state index in [0.29, 0.717) is 17.8 Å². The van der Waals surface area contributed by atoms with Crippen LogP contribution in [0.4, 0.5) is 0 Å². The first-order valence-electron chi connectivity index (χ1n) is 8.25. The van der Waals surface area contributed by atoms with Crippen molar-refractivity contribution in [2.24, 2.45) is 0 Å². The SMILES string of the molecule is COc1cccc2cc(C(=O)NCC3(O)CCCc4occc43)oc12. The number of hydrogen-bond acceptors (Lipinski definition) is 5. The van der Waals surface area contributed by atoms with Crippen molar-refractivity contribution < 1.29 is 23.5 Å². The maximum Gasteiger partial charge on any atom is 0.287 e. The molecule has 0 saturated carbocycles. The smallest absolute Gasteiger partial charge is 0.287 e. The van der Waals surface area contributed by atoms with Crippen LogP contribution in [0.3, 0.4) is 0 Å². The van der Waals surface area contributed by atoms with E-state index in [2.05, 4.69) is 5.32 Å². The fraction of sp³-hybridized carbons (Fsp3) is 0.316. The van der Waals surface area contributed by atoms with Gasteiger partial charge in [-0.2, -0.15) is 0 Å². The number of aliphatic hydroxyl groups is 1. The molecule has 1 aliphatic carbocycles. The maximum absolute atomic E-state index is 12.5. The van der Waals surface area contributed by atoms with Crippen LogP contribution in [0, 0.1) is 0 Å². The summed E-state index contributed by atoms with van der Waals surface area (Å²) in [6.07, 6.45) is 3.78. The normalized spacial score (nSPS) is 19.6. The van der Waals surface area contributed by atoms with Crippen molar-refractivity contribution in [3.8, 4) is 5.75 Å². The Morgan fingerprint density at radius 1 is 1.40 bits per heavy atom. The van der Waals surface area contributed by atoms with Crippen LogP contribution in [0.25, 0.3) is 11.0 Å². The zero-order chi connectivity index (χ0) is 17.4. The summed E-state index contributed by atoms with van der Waals surface area (Å²) >= 11 is 0. The average molecular weight is 341 g/mol. The number of aryl methyl sites for hydroxylation is 1. The number of methoxy groups -OCH3 is 1. The number of benzene rings is 1. The molecule has 0 fully saturated rings. The minimum atomic E-state index is -1.11. The Morgan fingerprint density at radius 2 is 2.28 bits per heavy atom. The second-order valence-corrected chi connectivity index (χ2v) is 6.31. The molecule has 4 rings (SSSR count). The number of furan rings is 2. The van der Waals surface area contributed by atoms with E-state index < -0.39 is 5.60 Å². The van der Waals surface area contributed by atoms with Crippen LogP contribution >= 0.6 is 0 Å². The quantitative estimate of drug-likeness (QED) is 0.762. The zero-order valence-electron chi connectivity index (χ0n) is 13.9. The summed E-state index contributed by atoms with van der Waals surface area (Å²) in [6, 6.07) is 8.90. The molecule has 0 bridgehead atoms. The van der Waals surface area contributed by atoms with E-state index in [-0.39, 0.29) is 18.2 Å². The van der Waals surface area contributed by atoms with Crippen LogP contribution in [0.5, 0.6) is 5.75 Å². The van der Waals surface area contributed by atoms with Gasteiger partial charge >= 0.3 is 0 Å². The van der Waals surface area contributed by atoms with E-state index in [9.17, 15) is 9.90 Å². The lowest BCUT2D eigenvalue weighted by atomic mass is 9.83. The van der Waals surface area contributed by atoms with Gasteiger partial charge in [-0.15, -0.1) is 0 Å². The topological polar surface area (TPSA) is 84.8 Å². The number of ether oxygens (including phenoxy) is 1. The number of carbonyl (C=O) groups excluding carboxylic acids is 1. The minimum absolute atomic E-state index is 0.104. The maximum atomic E-state index is 12.5. The van der Waals surface area contributed by atoms with Gasteiger partial charge in [-0.3, -0.25) is 4.79 Å². The van der Waals surface area contributed by atoms with E-state index in [4.69, 9.17) is 13.6 Å². The predicted octanol–water partition coefficient (Wildman–Crippen LogP) is 2.99. The Balaban J connectivity index is 1.54. The lowest BCUT2D eigenvalue weighted by Crippen LogP contribution is -2.42. The molecular formula is C19H19NO5. The predicted molar refractivity (Wildman–Crippen MR) is 90.6 cm³/mol. The Kier molecular flexibility index (Phi) is 3.77. The summed E-state index contributed by atoms with van der Waals surface area (Å²) in [6.45, 7) is 0.104. The first kappa shape index (κ1) is 15.8. The van der Waals surface area contributed by atoms with Gasteiger partial charge in [-0.25, -0.2) is 0 Å². The third-order valence-electron chi connectivity index (χ3n) is 4.73. The van der Waals surface area contributed by atoms with Crippen LogP contribution < -0.4 is 10.1 Å². The molecule has 0 spiro atoms.